The molecule has 1 heterocycles. The van der Waals surface area contributed by atoms with Gasteiger partial charge in [-0.1, -0.05) is 30.4 Å². The second-order valence-electron chi connectivity index (χ2n) is 4.17. The maximum Gasteiger partial charge on any atom is 0.277 e. The number of aromatic nitrogens is 1. The van der Waals surface area contributed by atoms with Gasteiger partial charge < -0.3 is 9.15 Å². The Morgan fingerprint density at radius 3 is 2.70 bits per heavy atom. The van der Waals surface area contributed by atoms with Crippen LogP contribution in [0.15, 0.2) is 46.9 Å². The highest BCUT2D eigenvalue weighted by Gasteiger charge is 2.16. The van der Waals surface area contributed by atoms with E-state index in [-0.39, 0.29) is 10.0 Å². The van der Waals surface area contributed by atoms with Crippen molar-refractivity contribution in [2.75, 3.05) is 0 Å². The summed E-state index contributed by atoms with van der Waals surface area (Å²) < 4.78 is 12.8. The molecule has 0 atom stereocenters. The van der Waals surface area contributed by atoms with Gasteiger partial charge in [-0.05, 0) is 55.1 Å². The van der Waals surface area contributed by atoms with E-state index in [1.165, 1.54) is 0 Å². The molecule has 0 saturated carbocycles. The van der Waals surface area contributed by atoms with Crippen LogP contribution in [0.3, 0.4) is 0 Å². The van der Waals surface area contributed by atoms with E-state index in [0.29, 0.717) is 11.5 Å². The first-order chi connectivity index (χ1) is 9.75. The van der Waals surface area contributed by atoms with Crippen LogP contribution < -0.4 is 4.74 Å². The molecule has 5 heteroatoms. The quantitative estimate of drug-likeness (QED) is 0.727. The zero-order valence-corrected chi connectivity index (χ0v) is 12.1. The van der Waals surface area contributed by atoms with Crippen LogP contribution in [0.1, 0.15) is 17.9 Å². The first-order valence-electron chi connectivity index (χ1n) is 6.12. The Labute approximate surface area is 126 Å². The summed E-state index contributed by atoms with van der Waals surface area (Å²) in [6.07, 6.45) is 8.71. The Morgan fingerprint density at radius 1 is 1.15 bits per heavy atom. The molecule has 3 nitrogen and oxygen atoms in total. The predicted octanol–water partition coefficient (Wildman–Crippen LogP) is 4.45. The summed E-state index contributed by atoms with van der Waals surface area (Å²) in [5, 5.41) is 0.256. The second kappa shape index (κ2) is 5.56. The van der Waals surface area contributed by atoms with Gasteiger partial charge >= 0.3 is 0 Å². The number of ether oxygens (including phenoxy) is 1. The predicted molar refractivity (Wildman–Crippen MR) is 85.3 cm³/mol. The lowest BCUT2D eigenvalue weighted by molar-refractivity contribution is 0.502. The van der Waals surface area contributed by atoms with E-state index >= 15 is 0 Å². The van der Waals surface area contributed by atoms with Crippen molar-refractivity contribution in [3.63, 3.8) is 0 Å². The fraction of sp³-hybridized carbons (Fsp3) is 0.0667. The van der Waals surface area contributed by atoms with Gasteiger partial charge in [-0.3, -0.25) is 0 Å². The van der Waals surface area contributed by atoms with Crippen LogP contribution in [0.4, 0.5) is 0 Å². The number of nitrogens with zero attached hydrogens (tertiary/aromatic N) is 1. The Morgan fingerprint density at radius 2 is 1.90 bits per heavy atom. The van der Waals surface area contributed by atoms with Gasteiger partial charge in [0.05, 0.1) is 5.69 Å². The molecule has 0 spiro atoms. The van der Waals surface area contributed by atoms with Crippen molar-refractivity contribution < 1.29 is 9.15 Å². The van der Waals surface area contributed by atoms with Crippen molar-refractivity contribution in [1.29, 1.82) is 0 Å². The van der Waals surface area contributed by atoms with E-state index in [4.69, 9.17) is 33.6 Å². The summed E-state index contributed by atoms with van der Waals surface area (Å²) in [6, 6.07) is 9.36. The maximum absolute atomic E-state index is 5.66. The monoisotopic (exact) mass is 301 g/mol. The molecule has 0 bridgehead atoms. The van der Waals surface area contributed by atoms with E-state index in [1.54, 1.807) is 4.57 Å². The SMILES string of the molecule is S=C(Oc1ccccc1)n1c2c(oc1=S)C=CCC=C2. The van der Waals surface area contributed by atoms with Crippen molar-refractivity contribution in [1.82, 2.24) is 4.57 Å². The number of allylic oxidation sites excluding steroid dienone is 2. The van der Waals surface area contributed by atoms with Gasteiger partial charge in [-0.25, -0.2) is 4.57 Å². The van der Waals surface area contributed by atoms with Crippen LogP contribution in [0.25, 0.3) is 12.2 Å². The highest BCUT2D eigenvalue weighted by atomic mass is 32.1. The van der Waals surface area contributed by atoms with Gasteiger partial charge in [0, 0.05) is 0 Å². The number of oxazole rings is 1. The molecule has 0 amide bonds. The summed E-state index contributed by atoms with van der Waals surface area (Å²) >= 11 is 10.5. The van der Waals surface area contributed by atoms with Crippen LogP contribution in [0.5, 0.6) is 5.75 Å². The molecule has 1 aliphatic carbocycles. The molecule has 2 aromatic rings. The Bertz CT molecular complexity index is 754. The minimum absolute atomic E-state index is 0.256. The molecule has 1 aliphatic rings. The van der Waals surface area contributed by atoms with Gasteiger partial charge in [0.25, 0.3) is 10.0 Å². The molecule has 0 radical (unpaired) electrons. The standard InChI is InChI=1S/C15H11NO2S2/c19-14(17-11-7-3-1-4-8-11)16-12-9-5-2-6-10-13(12)18-15(16)20/h1,3-10H,2H2. The number of hydrogen-bond acceptors (Lipinski definition) is 4. The second-order valence-corrected chi connectivity index (χ2v) is 4.87. The van der Waals surface area contributed by atoms with Crippen molar-refractivity contribution in [3.8, 4) is 5.75 Å². The number of fused-ring (bicyclic) bond motifs is 1. The normalized spacial score (nSPS) is 12.8. The van der Waals surface area contributed by atoms with Crippen LogP contribution in [-0.4, -0.2) is 9.74 Å². The van der Waals surface area contributed by atoms with Gasteiger partial charge in [-0.2, -0.15) is 0 Å². The van der Waals surface area contributed by atoms with E-state index in [2.05, 4.69) is 0 Å². The van der Waals surface area contributed by atoms with Gasteiger partial charge in [0.15, 0.2) is 5.76 Å². The van der Waals surface area contributed by atoms with Crippen LogP contribution in [0.2, 0.25) is 0 Å². The minimum atomic E-state index is 0.256. The number of rotatable bonds is 1. The topological polar surface area (TPSA) is 27.3 Å². The average Bonchev–Trinajstić information content (AvgIpc) is 2.60. The average molecular weight is 301 g/mol. The molecule has 0 fully saturated rings. The van der Waals surface area contributed by atoms with Gasteiger partial charge in [0.1, 0.15) is 5.75 Å². The zero-order chi connectivity index (χ0) is 13.9. The molecule has 100 valence electrons. The van der Waals surface area contributed by atoms with Crippen LogP contribution >= 0.6 is 24.4 Å². The molecular weight excluding hydrogens is 290 g/mol. The largest absolute Gasteiger partial charge is 0.431 e. The lowest BCUT2D eigenvalue weighted by atomic mass is 10.3. The maximum atomic E-state index is 5.66. The van der Waals surface area contributed by atoms with E-state index < -0.39 is 0 Å². The van der Waals surface area contributed by atoms with Crippen molar-refractivity contribution >= 4 is 41.8 Å². The Balaban J connectivity index is 1.99. The number of benzene rings is 1. The smallest absolute Gasteiger partial charge is 0.277 e. The highest BCUT2D eigenvalue weighted by molar-refractivity contribution is 7.80. The summed E-state index contributed by atoms with van der Waals surface area (Å²) in [6.45, 7) is 0. The third kappa shape index (κ3) is 2.50. The Kier molecular flexibility index (Phi) is 3.62. The summed E-state index contributed by atoms with van der Waals surface area (Å²) in [4.78, 5) is 0.284. The molecule has 20 heavy (non-hydrogen) atoms. The van der Waals surface area contributed by atoms with Crippen molar-refractivity contribution in [2.24, 2.45) is 0 Å². The van der Waals surface area contributed by atoms with Crippen molar-refractivity contribution in [3.05, 3.63) is 58.8 Å². The molecule has 0 aliphatic heterocycles. The van der Waals surface area contributed by atoms with E-state index in [0.717, 1.165) is 12.1 Å². The third-order valence-corrected chi connectivity index (χ3v) is 3.35. The van der Waals surface area contributed by atoms with Crippen molar-refractivity contribution in [2.45, 2.75) is 6.42 Å². The lowest BCUT2D eigenvalue weighted by Gasteiger charge is -2.08. The molecule has 1 aromatic carbocycles. The minimum Gasteiger partial charge on any atom is -0.431 e. The number of thiocarbonyl (C=S) groups is 1. The first kappa shape index (κ1) is 13.0. The number of para-hydroxylation sites is 1. The summed E-state index contributed by atoms with van der Waals surface area (Å²) in [5.41, 5.74) is 0.810. The molecule has 3 rings (SSSR count). The van der Waals surface area contributed by atoms with Gasteiger partial charge in [0.2, 0.25) is 0 Å². The molecule has 1 aromatic heterocycles. The van der Waals surface area contributed by atoms with Crippen LogP contribution in [0, 0.1) is 4.84 Å². The fourth-order valence-corrected chi connectivity index (χ4v) is 2.52. The molecule has 0 saturated heterocycles. The number of hydrogen-bond donors (Lipinski definition) is 0. The lowest BCUT2D eigenvalue weighted by Crippen LogP contribution is -2.17. The molecular formula is C15H11NO2S2. The first-order valence-corrected chi connectivity index (χ1v) is 6.93. The van der Waals surface area contributed by atoms with Gasteiger partial charge in [-0.15, -0.1) is 0 Å². The highest BCUT2D eigenvalue weighted by Crippen LogP contribution is 2.21. The molecule has 0 N–H and O–H groups in total. The Hall–Kier alpha value is -1.98. The fourth-order valence-electron chi connectivity index (χ4n) is 1.92. The summed E-state index contributed by atoms with van der Waals surface area (Å²) in [5.74, 6) is 1.37. The van der Waals surface area contributed by atoms with E-state index in [1.807, 2.05) is 54.6 Å². The zero-order valence-electron chi connectivity index (χ0n) is 10.5. The van der Waals surface area contributed by atoms with Crippen LogP contribution in [-0.2, 0) is 0 Å². The summed E-state index contributed by atoms with van der Waals surface area (Å²) in [7, 11) is 0. The van der Waals surface area contributed by atoms with E-state index in [9.17, 15) is 0 Å². The molecule has 0 unspecified atom stereocenters. The third-order valence-electron chi connectivity index (χ3n) is 2.82.